The highest BCUT2D eigenvalue weighted by molar-refractivity contribution is 7.94. The fourth-order valence-electron chi connectivity index (χ4n) is 1.58. The van der Waals surface area contributed by atoms with Gasteiger partial charge in [0.05, 0.1) is 17.8 Å². The maximum absolute atomic E-state index is 12.2. The largest absolute Gasteiger partial charge is 0.495 e. The minimum Gasteiger partial charge on any atom is -0.495 e. The summed E-state index contributed by atoms with van der Waals surface area (Å²) in [6.07, 6.45) is 0. The molecule has 2 aromatic rings. The normalized spacial score (nSPS) is 11.3. The molecule has 0 saturated carbocycles. The number of rotatable bonds is 4. The van der Waals surface area contributed by atoms with E-state index in [1.807, 2.05) is 0 Å². The van der Waals surface area contributed by atoms with Crippen LogP contribution in [0.3, 0.4) is 0 Å². The third kappa shape index (κ3) is 2.97. The van der Waals surface area contributed by atoms with Crippen LogP contribution in [0, 0.1) is 6.92 Å². The van der Waals surface area contributed by atoms with Crippen molar-refractivity contribution in [2.24, 2.45) is 0 Å². The molecule has 0 fully saturated rings. The lowest BCUT2D eigenvalue weighted by Crippen LogP contribution is -2.12. The minimum absolute atomic E-state index is 0.0468. The molecule has 0 bridgehead atoms. The first-order valence-corrected chi connectivity index (χ1v) is 8.07. The molecule has 2 N–H and O–H groups in total. The van der Waals surface area contributed by atoms with Crippen molar-refractivity contribution in [3.8, 4) is 5.75 Å². The molecule has 0 unspecified atom stereocenters. The number of thiazole rings is 1. The predicted molar refractivity (Wildman–Crippen MR) is 78.5 cm³/mol. The van der Waals surface area contributed by atoms with Gasteiger partial charge in [-0.05, 0) is 25.1 Å². The maximum atomic E-state index is 12.2. The van der Waals surface area contributed by atoms with Gasteiger partial charge >= 0.3 is 4.87 Å². The first kappa shape index (κ1) is 14.9. The molecule has 0 aliphatic carbocycles. The highest BCUT2D eigenvalue weighted by Gasteiger charge is 2.21. The van der Waals surface area contributed by atoms with E-state index in [0.717, 1.165) is 0 Å². The summed E-state index contributed by atoms with van der Waals surface area (Å²) in [4.78, 5) is 13.2. The fourth-order valence-corrected chi connectivity index (χ4v) is 4.19. The SMILES string of the molecule is COc1ccc(NS(=O)(=O)c2sc(=O)[nH]c2C)cc1Cl. The van der Waals surface area contributed by atoms with Crippen molar-refractivity contribution < 1.29 is 13.2 Å². The van der Waals surface area contributed by atoms with Crippen molar-refractivity contribution >= 4 is 38.6 Å². The number of H-pyrrole nitrogens is 1. The van der Waals surface area contributed by atoms with E-state index in [4.69, 9.17) is 16.3 Å². The number of aromatic nitrogens is 1. The van der Waals surface area contributed by atoms with Gasteiger partial charge in [-0.3, -0.25) is 9.52 Å². The number of aryl methyl sites for hydroxylation is 1. The van der Waals surface area contributed by atoms with E-state index in [0.29, 0.717) is 22.8 Å². The summed E-state index contributed by atoms with van der Waals surface area (Å²) in [5.74, 6) is 0.442. The average Bonchev–Trinajstić information content (AvgIpc) is 2.69. The molecular formula is C11H11ClN2O4S2. The number of benzene rings is 1. The van der Waals surface area contributed by atoms with Gasteiger partial charge in [0.2, 0.25) is 0 Å². The quantitative estimate of drug-likeness (QED) is 0.897. The molecule has 0 amide bonds. The molecule has 0 saturated heterocycles. The molecule has 0 spiro atoms. The summed E-state index contributed by atoms with van der Waals surface area (Å²) in [6.45, 7) is 1.52. The van der Waals surface area contributed by atoms with Crippen LogP contribution >= 0.6 is 22.9 Å². The Hall–Kier alpha value is -1.51. The van der Waals surface area contributed by atoms with E-state index in [2.05, 4.69) is 9.71 Å². The third-order valence-electron chi connectivity index (χ3n) is 2.43. The third-order valence-corrected chi connectivity index (χ3v) is 5.71. The zero-order valence-corrected chi connectivity index (χ0v) is 12.9. The maximum Gasteiger partial charge on any atom is 0.306 e. The number of nitrogens with one attached hydrogen (secondary N) is 2. The molecule has 0 aliphatic heterocycles. The molecule has 0 atom stereocenters. The molecule has 108 valence electrons. The van der Waals surface area contributed by atoms with Gasteiger partial charge in [-0.25, -0.2) is 8.42 Å². The second kappa shape index (κ2) is 5.47. The van der Waals surface area contributed by atoms with Crippen LogP contribution in [0.5, 0.6) is 5.75 Å². The summed E-state index contributed by atoms with van der Waals surface area (Å²) >= 11 is 6.56. The van der Waals surface area contributed by atoms with Crippen LogP contribution in [0.4, 0.5) is 5.69 Å². The second-order valence-corrected chi connectivity index (χ2v) is 7.15. The van der Waals surface area contributed by atoms with Crippen molar-refractivity contribution in [3.63, 3.8) is 0 Å². The molecular weight excluding hydrogens is 324 g/mol. The summed E-state index contributed by atoms with van der Waals surface area (Å²) in [7, 11) is -2.36. The average molecular weight is 335 g/mol. The van der Waals surface area contributed by atoms with Crippen molar-refractivity contribution in [1.82, 2.24) is 4.98 Å². The van der Waals surface area contributed by atoms with Crippen LogP contribution in [-0.2, 0) is 10.0 Å². The zero-order chi connectivity index (χ0) is 14.9. The highest BCUT2D eigenvalue weighted by atomic mass is 35.5. The molecule has 0 aliphatic rings. The van der Waals surface area contributed by atoms with Crippen LogP contribution in [0.25, 0.3) is 0 Å². The monoisotopic (exact) mass is 334 g/mol. The van der Waals surface area contributed by atoms with Crippen molar-refractivity contribution in [3.05, 3.63) is 38.6 Å². The van der Waals surface area contributed by atoms with Gasteiger partial charge < -0.3 is 9.72 Å². The van der Waals surface area contributed by atoms with E-state index < -0.39 is 14.9 Å². The fraction of sp³-hybridized carbons (Fsp3) is 0.182. The van der Waals surface area contributed by atoms with Gasteiger partial charge in [-0.2, -0.15) is 0 Å². The van der Waals surface area contributed by atoms with Gasteiger partial charge in [0, 0.05) is 5.69 Å². The van der Waals surface area contributed by atoms with E-state index in [-0.39, 0.29) is 14.9 Å². The molecule has 9 heteroatoms. The summed E-state index contributed by atoms with van der Waals surface area (Å²) < 4.78 is 31.6. The number of sulfonamides is 1. The smallest absolute Gasteiger partial charge is 0.306 e. The van der Waals surface area contributed by atoms with Gasteiger partial charge in [-0.15, -0.1) is 0 Å². The summed E-state index contributed by atoms with van der Waals surface area (Å²) in [5.41, 5.74) is 0.586. The first-order valence-electron chi connectivity index (χ1n) is 5.39. The molecule has 1 aromatic heterocycles. The number of methoxy groups -OCH3 is 1. The van der Waals surface area contributed by atoms with E-state index in [1.54, 1.807) is 6.07 Å². The number of ether oxygens (including phenoxy) is 1. The van der Waals surface area contributed by atoms with Crippen molar-refractivity contribution in [1.29, 1.82) is 0 Å². The number of aromatic amines is 1. The van der Waals surface area contributed by atoms with Crippen LogP contribution in [0.15, 0.2) is 27.2 Å². The Balaban J connectivity index is 2.36. The molecule has 2 rings (SSSR count). The first-order chi connectivity index (χ1) is 9.33. The Labute approximate surface area is 124 Å². The van der Waals surface area contributed by atoms with Gasteiger partial charge in [0.15, 0.2) is 4.21 Å². The highest BCUT2D eigenvalue weighted by Crippen LogP contribution is 2.29. The Bertz CT molecular complexity index is 795. The van der Waals surface area contributed by atoms with E-state index in [1.165, 1.54) is 26.2 Å². The lowest BCUT2D eigenvalue weighted by atomic mass is 10.3. The van der Waals surface area contributed by atoms with Crippen LogP contribution < -0.4 is 14.3 Å². The van der Waals surface area contributed by atoms with Crippen LogP contribution in [0.1, 0.15) is 5.69 Å². The second-order valence-electron chi connectivity index (χ2n) is 3.88. The predicted octanol–water partition coefficient (Wildman–Crippen LogP) is 2.21. The summed E-state index contributed by atoms with van der Waals surface area (Å²) in [6, 6.07) is 4.50. The molecule has 20 heavy (non-hydrogen) atoms. The molecule has 6 nitrogen and oxygen atoms in total. The van der Waals surface area contributed by atoms with E-state index >= 15 is 0 Å². The van der Waals surface area contributed by atoms with E-state index in [9.17, 15) is 13.2 Å². The number of anilines is 1. The number of hydrogen-bond donors (Lipinski definition) is 2. The van der Waals surface area contributed by atoms with Crippen LogP contribution in [-0.4, -0.2) is 20.5 Å². The van der Waals surface area contributed by atoms with Gasteiger partial charge in [0.1, 0.15) is 5.75 Å². The Morgan fingerprint density at radius 3 is 2.60 bits per heavy atom. The zero-order valence-electron chi connectivity index (χ0n) is 10.6. The number of hydrogen-bond acceptors (Lipinski definition) is 5. The van der Waals surface area contributed by atoms with Crippen molar-refractivity contribution in [2.75, 3.05) is 11.8 Å². The lowest BCUT2D eigenvalue weighted by molar-refractivity contribution is 0.415. The van der Waals surface area contributed by atoms with Gasteiger partial charge in [-0.1, -0.05) is 22.9 Å². The number of halogens is 1. The van der Waals surface area contributed by atoms with Gasteiger partial charge in [0.25, 0.3) is 10.0 Å². The Morgan fingerprint density at radius 2 is 2.10 bits per heavy atom. The Kier molecular flexibility index (Phi) is 4.07. The molecule has 0 radical (unpaired) electrons. The van der Waals surface area contributed by atoms with Crippen LogP contribution in [0.2, 0.25) is 5.02 Å². The minimum atomic E-state index is -3.82. The summed E-state index contributed by atoms with van der Waals surface area (Å²) in [5, 5.41) is 0.284. The molecule has 1 heterocycles. The van der Waals surface area contributed by atoms with Crippen molar-refractivity contribution in [2.45, 2.75) is 11.1 Å². The molecule has 1 aromatic carbocycles. The topological polar surface area (TPSA) is 88.3 Å². The standard InChI is InChI=1S/C11H11ClN2O4S2/c1-6-10(19-11(15)13-6)20(16,17)14-7-3-4-9(18-2)8(12)5-7/h3-5,14H,1-2H3,(H,13,15). The Morgan fingerprint density at radius 1 is 1.40 bits per heavy atom. The lowest BCUT2D eigenvalue weighted by Gasteiger charge is -2.09.